The van der Waals surface area contributed by atoms with Crippen LogP contribution in [-0.2, 0) is 4.79 Å². The standard InChI is InChI=1S/C25H27N3O4/c1-15-7-8-16(2)21(13-15)28-24(31)19-10-9-18(14-20(19)25(28)32)23(30)27-12-11-26-22(29)17-5-3-4-6-17/h7-10,13-14,17H,3-6,11-12H2,1-2H3,(H,26,29)(H,27,30). The fourth-order valence-electron chi connectivity index (χ4n) is 4.36. The van der Waals surface area contributed by atoms with E-state index < -0.39 is 5.91 Å². The largest absolute Gasteiger partial charge is 0.354 e. The SMILES string of the molecule is Cc1ccc(C)c(N2C(=O)c3ccc(C(=O)NCCNC(=O)C4CCCC4)cc3C2=O)c1. The number of imide groups is 1. The zero-order valence-electron chi connectivity index (χ0n) is 18.4. The summed E-state index contributed by atoms with van der Waals surface area (Å²) in [4.78, 5) is 51.7. The number of benzene rings is 2. The molecule has 1 saturated carbocycles. The van der Waals surface area contributed by atoms with Crippen LogP contribution in [0.5, 0.6) is 0 Å². The molecule has 7 heteroatoms. The zero-order chi connectivity index (χ0) is 22.8. The molecule has 4 rings (SSSR count). The third-order valence-electron chi connectivity index (χ3n) is 6.19. The molecular formula is C25H27N3O4. The van der Waals surface area contributed by atoms with Gasteiger partial charge in [-0.1, -0.05) is 25.0 Å². The predicted molar refractivity (Wildman–Crippen MR) is 121 cm³/mol. The molecule has 1 aliphatic carbocycles. The molecule has 0 aromatic heterocycles. The van der Waals surface area contributed by atoms with Crippen molar-refractivity contribution in [2.75, 3.05) is 18.0 Å². The van der Waals surface area contributed by atoms with Crippen molar-refractivity contribution in [2.45, 2.75) is 39.5 Å². The minimum absolute atomic E-state index is 0.0462. The number of carbonyl (C=O) groups excluding carboxylic acids is 4. The highest BCUT2D eigenvalue weighted by molar-refractivity contribution is 6.35. The molecule has 1 aliphatic heterocycles. The summed E-state index contributed by atoms with van der Waals surface area (Å²) < 4.78 is 0. The molecule has 0 spiro atoms. The monoisotopic (exact) mass is 433 g/mol. The first-order valence-electron chi connectivity index (χ1n) is 11.0. The molecule has 2 aromatic carbocycles. The minimum Gasteiger partial charge on any atom is -0.354 e. The molecular weight excluding hydrogens is 406 g/mol. The van der Waals surface area contributed by atoms with Gasteiger partial charge in [-0.05, 0) is 62.1 Å². The molecule has 2 aromatic rings. The maximum absolute atomic E-state index is 13.0. The quantitative estimate of drug-likeness (QED) is 0.540. The van der Waals surface area contributed by atoms with Gasteiger partial charge in [0.25, 0.3) is 17.7 Å². The highest BCUT2D eigenvalue weighted by Crippen LogP contribution is 2.31. The van der Waals surface area contributed by atoms with Gasteiger partial charge in [0.15, 0.2) is 0 Å². The number of hydrogen-bond donors (Lipinski definition) is 2. The Morgan fingerprint density at radius 2 is 1.59 bits per heavy atom. The van der Waals surface area contributed by atoms with Crippen molar-refractivity contribution in [3.8, 4) is 0 Å². The molecule has 0 saturated heterocycles. The Bertz CT molecular complexity index is 1100. The van der Waals surface area contributed by atoms with Gasteiger partial charge < -0.3 is 10.6 Å². The van der Waals surface area contributed by atoms with E-state index in [1.54, 1.807) is 6.07 Å². The second-order valence-electron chi connectivity index (χ2n) is 8.52. The maximum Gasteiger partial charge on any atom is 0.266 e. The van der Waals surface area contributed by atoms with E-state index >= 15 is 0 Å². The van der Waals surface area contributed by atoms with Gasteiger partial charge in [0.05, 0.1) is 16.8 Å². The Hall–Kier alpha value is -3.48. The van der Waals surface area contributed by atoms with E-state index in [1.165, 1.54) is 17.0 Å². The molecule has 1 fully saturated rings. The molecule has 0 bridgehead atoms. The van der Waals surface area contributed by atoms with E-state index in [9.17, 15) is 19.2 Å². The van der Waals surface area contributed by atoms with E-state index in [2.05, 4.69) is 10.6 Å². The van der Waals surface area contributed by atoms with Crippen molar-refractivity contribution in [3.05, 3.63) is 64.2 Å². The van der Waals surface area contributed by atoms with Gasteiger partial charge in [0.1, 0.15) is 0 Å². The van der Waals surface area contributed by atoms with Crippen molar-refractivity contribution in [1.82, 2.24) is 10.6 Å². The number of fused-ring (bicyclic) bond motifs is 1. The third-order valence-corrected chi connectivity index (χ3v) is 6.19. The van der Waals surface area contributed by atoms with Crippen molar-refractivity contribution in [2.24, 2.45) is 5.92 Å². The Kier molecular flexibility index (Phi) is 6.08. The number of anilines is 1. The second kappa shape index (κ2) is 8.94. The first-order chi connectivity index (χ1) is 15.4. The number of amides is 4. The number of rotatable bonds is 6. The van der Waals surface area contributed by atoms with Gasteiger partial charge in [-0.15, -0.1) is 0 Å². The van der Waals surface area contributed by atoms with Gasteiger partial charge in [0, 0.05) is 24.6 Å². The average Bonchev–Trinajstić information content (AvgIpc) is 3.40. The van der Waals surface area contributed by atoms with Crippen LogP contribution < -0.4 is 15.5 Å². The van der Waals surface area contributed by atoms with Crippen LogP contribution in [0.15, 0.2) is 36.4 Å². The molecule has 166 valence electrons. The Labute approximate surface area is 187 Å². The van der Waals surface area contributed by atoms with E-state index in [-0.39, 0.29) is 41.3 Å². The summed E-state index contributed by atoms with van der Waals surface area (Å²) in [5, 5.41) is 5.62. The smallest absolute Gasteiger partial charge is 0.266 e. The Morgan fingerprint density at radius 3 is 2.34 bits per heavy atom. The second-order valence-corrected chi connectivity index (χ2v) is 8.52. The lowest BCUT2D eigenvalue weighted by Gasteiger charge is -2.17. The van der Waals surface area contributed by atoms with Crippen molar-refractivity contribution >= 4 is 29.3 Å². The van der Waals surface area contributed by atoms with Crippen LogP contribution in [0, 0.1) is 19.8 Å². The Balaban J connectivity index is 1.41. The van der Waals surface area contributed by atoms with Crippen LogP contribution in [-0.4, -0.2) is 36.7 Å². The fraction of sp³-hybridized carbons (Fsp3) is 0.360. The maximum atomic E-state index is 13.0. The molecule has 32 heavy (non-hydrogen) atoms. The molecule has 0 atom stereocenters. The third kappa shape index (κ3) is 4.15. The summed E-state index contributed by atoms with van der Waals surface area (Å²) >= 11 is 0. The number of aryl methyl sites for hydroxylation is 2. The summed E-state index contributed by atoms with van der Waals surface area (Å²) in [6, 6.07) is 10.1. The lowest BCUT2D eigenvalue weighted by atomic mass is 10.1. The highest BCUT2D eigenvalue weighted by atomic mass is 16.2. The normalized spacial score (nSPS) is 15.8. The molecule has 4 amide bonds. The fourth-order valence-corrected chi connectivity index (χ4v) is 4.36. The lowest BCUT2D eigenvalue weighted by Crippen LogP contribution is -2.37. The van der Waals surface area contributed by atoms with E-state index in [1.807, 2.05) is 32.0 Å². The summed E-state index contributed by atoms with van der Waals surface area (Å²) in [5.74, 6) is -1.04. The lowest BCUT2D eigenvalue weighted by molar-refractivity contribution is -0.124. The van der Waals surface area contributed by atoms with Crippen LogP contribution in [0.25, 0.3) is 0 Å². The number of nitrogens with zero attached hydrogens (tertiary/aromatic N) is 1. The van der Waals surface area contributed by atoms with Crippen molar-refractivity contribution in [3.63, 3.8) is 0 Å². The number of nitrogens with one attached hydrogen (secondary N) is 2. The Morgan fingerprint density at radius 1 is 0.906 bits per heavy atom. The minimum atomic E-state index is -0.433. The molecule has 1 heterocycles. The van der Waals surface area contributed by atoms with Gasteiger partial charge in [-0.2, -0.15) is 0 Å². The van der Waals surface area contributed by atoms with Crippen LogP contribution in [0.1, 0.15) is 67.9 Å². The first-order valence-corrected chi connectivity index (χ1v) is 11.0. The summed E-state index contributed by atoms with van der Waals surface area (Å²) in [6.45, 7) is 4.39. The van der Waals surface area contributed by atoms with Crippen LogP contribution in [0.4, 0.5) is 5.69 Å². The van der Waals surface area contributed by atoms with Crippen LogP contribution >= 0.6 is 0 Å². The van der Waals surface area contributed by atoms with Gasteiger partial charge >= 0.3 is 0 Å². The average molecular weight is 434 g/mol. The number of hydrogen-bond acceptors (Lipinski definition) is 4. The molecule has 2 aliphatic rings. The van der Waals surface area contributed by atoms with Crippen molar-refractivity contribution in [1.29, 1.82) is 0 Å². The summed E-state index contributed by atoms with van der Waals surface area (Å²) in [5.41, 5.74) is 3.13. The molecule has 0 unspecified atom stereocenters. The highest BCUT2D eigenvalue weighted by Gasteiger charge is 2.37. The zero-order valence-corrected chi connectivity index (χ0v) is 18.4. The first kappa shape index (κ1) is 21.7. The van der Waals surface area contributed by atoms with E-state index in [0.29, 0.717) is 17.8 Å². The summed E-state index contributed by atoms with van der Waals surface area (Å²) in [7, 11) is 0. The summed E-state index contributed by atoms with van der Waals surface area (Å²) in [6.07, 6.45) is 4.04. The number of carbonyl (C=O) groups is 4. The van der Waals surface area contributed by atoms with Crippen molar-refractivity contribution < 1.29 is 19.2 Å². The van der Waals surface area contributed by atoms with E-state index in [0.717, 1.165) is 36.8 Å². The van der Waals surface area contributed by atoms with E-state index in [4.69, 9.17) is 0 Å². The predicted octanol–water partition coefficient (Wildman–Crippen LogP) is 3.14. The topological polar surface area (TPSA) is 95.6 Å². The van der Waals surface area contributed by atoms with Gasteiger partial charge in [-0.3, -0.25) is 19.2 Å². The van der Waals surface area contributed by atoms with Crippen LogP contribution in [0.3, 0.4) is 0 Å². The molecule has 7 nitrogen and oxygen atoms in total. The van der Waals surface area contributed by atoms with Crippen LogP contribution in [0.2, 0.25) is 0 Å². The van der Waals surface area contributed by atoms with Gasteiger partial charge in [0.2, 0.25) is 5.91 Å². The van der Waals surface area contributed by atoms with Gasteiger partial charge in [-0.25, -0.2) is 4.90 Å². The molecule has 2 N–H and O–H groups in total. The molecule has 0 radical (unpaired) electrons.